The zero-order valence-electron chi connectivity index (χ0n) is 11.9. The average Bonchev–Trinajstić information content (AvgIpc) is 2.87. The summed E-state index contributed by atoms with van der Waals surface area (Å²) in [6.45, 7) is 2.04. The zero-order chi connectivity index (χ0) is 14.4. The van der Waals surface area contributed by atoms with Crippen molar-refractivity contribution < 1.29 is 9.21 Å². The largest absolute Gasteiger partial charge is 0.453 e. The van der Waals surface area contributed by atoms with Crippen LogP contribution < -0.4 is 0 Å². The van der Waals surface area contributed by atoms with Gasteiger partial charge in [0.2, 0.25) is 0 Å². The van der Waals surface area contributed by atoms with E-state index in [9.17, 15) is 4.79 Å². The predicted octanol–water partition coefficient (Wildman–Crippen LogP) is 4.65. The molecule has 1 aliphatic rings. The van der Waals surface area contributed by atoms with Gasteiger partial charge in [-0.15, -0.1) is 0 Å². The van der Waals surface area contributed by atoms with Crippen molar-refractivity contribution in [3.05, 3.63) is 71.0 Å². The number of Topliss-reactive ketones (excluding diaryl/α,β-unsaturated/α-hetero) is 1. The topological polar surface area (TPSA) is 30.2 Å². The van der Waals surface area contributed by atoms with Crippen molar-refractivity contribution in [1.82, 2.24) is 0 Å². The summed E-state index contributed by atoms with van der Waals surface area (Å²) in [5, 5.41) is 1.01. The van der Waals surface area contributed by atoms with Crippen LogP contribution in [0.1, 0.15) is 39.6 Å². The van der Waals surface area contributed by atoms with Gasteiger partial charge >= 0.3 is 0 Å². The molecule has 2 nitrogen and oxygen atoms in total. The molecule has 1 aliphatic carbocycles. The van der Waals surface area contributed by atoms with Gasteiger partial charge in [-0.25, -0.2) is 0 Å². The van der Waals surface area contributed by atoms with Gasteiger partial charge in [0.05, 0.1) is 0 Å². The first-order chi connectivity index (χ1) is 10.2. The summed E-state index contributed by atoms with van der Waals surface area (Å²) in [4.78, 5) is 12.4. The molecule has 2 heteroatoms. The third-order valence-electron chi connectivity index (χ3n) is 4.34. The highest BCUT2D eigenvalue weighted by Crippen LogP contribution is 2.38. The van der Waals surface area contributed by atoms with Crippen LogP contribution in [-0.2, 0) is 6.42 Å². The zero-order valence-corrected chi connectivity index (χ0v) is 11.9. The first-order valence-electron chi connectivity index (χ1n) is 7.32. The minimum Gasteiger partial charge on any atom is -0.453 e. The van der Waals surface area contributed by atoms with Crippen molar-refractivity contribution >= 4 is 16.8 Å². The lowest BCUT2D eigenvalue weighted by atomic mass is 9.75. The van der Waals surface area contributed by atoms with E-state index in [1.54, 1.807) is 0 Å². The monoisotopic (exact) mass is 276 g/mol. The maximum absolute atomic E-state index is 12.4. The number of ketones is 1. The Balaban J connectivity index is 1.57. The molecule has 104 valence electrons. The van der Waals surface area contributed by atoms with Crippen molar-refractivity contribution in [3.8, 4) is 0 Å². The molecule has 21 heavy (non-hydrogen) atoms. The van der Waals surface area contributed by atoms with Crippen LogP contribution in [0.4, 0.5) is 0 Å². The van der Waals surface area contributed by atoms with Gasteiger partial charge in [-0.2, -0.15) is 0 Å². The summed E-state index contributed by atoms with van der Waals surface area (Å²) < 4.78 is 5.69. The molecule has 1 unspecified atom stereocenters. The number of hydrogen-bond acceptors (Lipinski definition) is 2. The van der Waals surface area contributed by atoms with E-state index < -0.39 is 0 Å². The van der Waals surface area contributed by atoms with Crippen LogP contribution in [0.3, 0.4) is 0 Å². The Morgan fingerprint density at radius 1 is 1.19 bits per heavy atom. The lowest BCUT2D eigenvalue weighted by molar-refractivity contribution is 0.0945. The number of fused-ring (bicyclic) bond motifs is 2. The molecule has 0 radical (unpaired) electrons. The van der Waals surface area contributed by atoms with E-state index in [1.807, 2.05) is 37.3 Å². The molecule has 0 bridgehead atoms. The van der Waals surface area contributed by atoms with Gasteiger partial charge in [0, 0.05) is 11.8 Å². The number of carbonyl (C=O) groups is 1. The van der Waals surface area contributed by atoms with Crippen LogP contribution in [0.2, 0.25) is 0 Å². The van der Waals surface area contributed by atoms with Gasteiger partial charge < -0.3 is 4.42 Å². The van der Waals surface area contributed by atoms with Crippen molar-refractivity contribution in [2.24, 2.45) is 0 Å². The summed E-state index contributed by atoms with van der Waals surface area (Å²) in [6.07, 6.45) is 1.54. The van der Waals surface area contributed by atoms with E-state index in [1.165, 1.54) is 16.7 Å². The van der Waals surface area contributed by atoms with Crippen molar-refractivity contribution in [3.63, 3.8) is 0 Å². The normalized spacial score (nSPS) is 16.5. The highest BCUT2D eigenvalue weighted by molar-refractivity contribution is 5.98. The van der Waals surface area contributed by atoms with Gasteiger partial charge in [0.25, 0.3) is 0 Å². The Morgan fingerprint density at radius 2 is 2.05 bits per heavy atom. The van der Waals surface area contributed by atoms with E-state index in [-0.39, 0.29) is 5.78 Å². The van der Waals surface area contributed by atoms with Gasteiger partial charge in [0.1, 0.15) is 5.58 Å². The molecule has 0 fully saturated rings. The standard InChI is InChI=1S/C19H16O2/c1-12-6-7-18-15(8-12)11-19(21-18)17(20)10-14-9-13-4-2-3-5-16(13)14/h2-8,11,14H,9-10H2,1H3. The number of aryl methyl sites for hydroxylation is 1. The molecule has 0 amide bonds. The molecule has 1 heterocycles. The molecular weight excluding hydrogens is 260 g/mol. The van der Waals surface area contributed by atoms with Crippen molar-refractivity contribution in [2.45, 2.75) is 25.7 Å². The number of hydrogen-bond donors (Lipinski definition) is 0. The Labute approximate surface area is 123 Å². The molecule has 2 aromatic carbocycles. The van der Waals surface area contributed by atoms with Crippen LogP contribution in [0.25, 0.3) is 11.0 Å². The third-order valence-corrected chi connectivity index (χ3v) is 4.34. The first kappa shape index (κ1) is 12.4. The van der Waals surface area contributed by atoms with Crippen molar-refractivity contribution in [2.75, 3.05) is 0 Å². The van der Waals surface area contributed by atoms with Crippen LogP contribution in [0.5, 0.6) is 0 Å². The van der Waals surface area contributed by atoms with E-state index in [4.69, 9.17) is 4.42 Å². The molecule has 4 rings (SSSR count). The summed E-state index contributed by atoms with van der Waals surface area (Å²) in [5.74, 6) is 0.937. The minimum atomic E-state index is 0.100. The van der Waals surface area contributed by atoms with E-state index >= 15 is 0 Å². The van der Waals surface area contributed by atoms with Gasteiger partial charge in [-0.1, -0.05) is 35.9 Å². The first-order valence-corrected chi connectivity index (χ1v) is 7.32. The molecule has 0 saturated heterocycles. The fourth-order valence-corrected chi connectivity index (χ4v) is 3.17. The highest BCUT2D eigenvalue weighted by atomic mass is 16.3. The molecular formula is C19H16O2. The number of benzene rings is 2. The predicted molar refractivity (Wildman–Crippen MR) is 82.8 cm³/mol. The second kappa shape index (κ2) is 4.59. The van der Waals surface area contributed by atoms with Crippen LogP contribution in [-0.4, -0.2) is 5.78 Å². The number of carbonyl (C=O) groups excluding carboxylic acids is 1. The smallest absolute Gasteiger partial charge is 0.198 e. The minimum absolute atomic E-state index is 0.100. The summed E-state index contributed by atoms with van der Waals surface area (Å²) in [7, 11) is 0. The van der Waals surface area contributed by atoms with E-state index in [0.717, 1.165) is 17.4 Å². The fourth-order valence-electron chi connectivity index (χ4n) is 3.17. The van der Waals surface area contributed by atoms with Crippen LogP contribution in [0.15, 0.2) is 52.9 Å². The van der Waals surface area contributed by atoms with Gasteiger partial charge in [0.15, 0.2) is 11.5 Å². The summed E-state index contributed by atoms with van der Waals surface area (Å²) in [5.41, 5.74) is 4.65. The van der Waals surface area contributed by atoms with Gasteiger partial charge in [-0.05, 0) is 48.6 Å². The molecule has 1 atom stereocenters. The molecule has 0 aliphatic heterocycles. The Bertz CT molecular complexity index is 842. The second-order valence-corrected chi connectivity index (χ2v) is 5.88. The van der Waals surface area contributed by atoms with Crippen molar-refractivity contribution in [1.29, 1.82) is 0 Å². The van der Waals surface area contributed by atoms with E-state index in [0.29, 0.717) is 18.1 Å². The number of furan rings is 1. The molecule has 3 aromatic rings. The lowest BCUT2D eigenvalue weighted by Crippen LogP contribution is -2.19. The lowest BCUT2D eigenvalue weighted by Gasteiger charge is -2.29. The summed E-state index contributed by atoms with van der Waals surface area (Å²) >= 11 is 0. The average molecular weight is 276 g/mol. The van der Waals surface area contributed by atoms with Gasteiger partial charge in [-0.3, -0.25) is 4.79 Å². The fraction of sp³-hybridized carbons (Fsp3) is 0.211. The highest BCUT2D eigenvalue weighted by Gasteiger charge is 2.28. The summed E-state index contributed by atoms with van der Waals surface area (Å²) in [6, 6.07) is 16.2. The molecule has 0 N–H and O–H groups in total. The SMILES string of the molecule is Cc1ccc2oc(C(=O)CC3Cc4ccccc43)cc2c1. The second-order valence-electron chi connectivity index (χ2n) is 5.88. The molecule has 1 aromatic heterocycles. The third kappa shape index (κ3) is 2.07. The Kier molecular flexibility index (Phi) is 2.71. The van der Waals surface area contributed by atoms with Crippen LogP contribution in [0, 0.1) is 6.92 Å². The molecule has 0 saturated carbocycles. The number of rotatable bonds is 3. The Hall–Kier alpha value is -2.35. The Morgan fingerprint density at radius 3 is 2.90 bits per heavy atom. The quantitative estimate of drug-likeness (QED) is 0.652. The van der Waals surface area contributed by atoms with E-state index in [2.05, 4.69) is 18.2 Å². The maximum atomic E-state index is 12.4. The molecule has 0 spiro atoms. The van der Waals surface area contributed by atoms with Crippen LogP contribution >= 0.6 is 0 Å². The maximum Gasteiger partial charge on any atom is 0.198 e.